The standard InChI is InChI=1S/C15H15Cl/c1-11(2)14-5-3-4-6-15(14)12-7-9-13(16)10-8-12/h3-11H,1-2H3. The van der Waals surface area contributed by atoms with E-state index in [0.29, 0.717) is 5.92 Å². The lowest BCUT2D eigenvalue weighted by Crippen LogP contribution is -1.91. The molecule has 0 bridgehead atoms. The van der Waals surface area contributed by atoms with Gasteiger partial charge < -0.3 is 0 Å². The van der Waals surface area contributed by atoms with E-state index >= 15 is 0 Å². The zero-order chi connectivity index (χ0) is 11.5. The Hall–Kier alpha value is -1.27. The highest BCUT2D eigenvalue weighted by Gasteiger charge is 2.07. The van der Waals surface area contributed by atoms with Crippen LogP contribution in [0.4, 0.5) is 0 Å². The molecule has 0 aliphatic heterocycles. The van der Waals surface area contributed by atoms with Crippen LogP contribution in [0.1, 0.15) is 25.3 Å². The first-order chi connectivity index (χ1) is 7.68. The molecule has 0 nitrogen and oxygen atoms in total. The maximum atomic E-state index is 5.90. The van der Waals surface area contributed by atoms with Gasteiger partial charge in [0.2, 0.25) is 0 Å². The van der Waals surface area contributed by atoms with Crippen molar-refractivity contribution in [3.8, 4) is 11.1 Å². The number of rotatable bonds is 2. The van der Waals surface area contributed by atoms with E-state index < -0.39 is 0 Å². The quantitative estimate of drug-likeness (QED) is 0.671. The van der Waals surface area contributed by atoms with E-state index in [1.165, 1.54) is 16.7 Å². The van der Waals surface area contributed by atoms with Crippen LogP contribution in [-0.2, 0) is 0 Å². The number of halogens is 1. The molecule has 0 radical (unpaired) electrons. The number of benzene rings is 2. The third-order valence-electron chi connectivity index (χ3n) is 2.74. The van der Waals surface area contributed by atoms with Crippen molar-refractivity contribution in [2.75, 3.05) is 0 Å². The first-order valence-corrected chi connectivity index (χ1v) is 5.91. The molecular formula is C15H15Cl. The third kappa shape index (κ3) is 2.28. The highest BCUT2D eigenvalue weighted by atomic mass is 35.5. The van der Waals surface area contributed by atoms with Crippen molar-refractivity contribution in [2.45, 2.75) is 19.8 Å². The fourth-order valence-corrected chi connectivity index (χ4v) is 2.02. The van der Waals surface area contributed by atoms with E-state index in [0.717, 1.165) is 5.02 Å². The van der Waals surface area contributed by atoms with E-state index in [-0.39, 0.29) is 0 Å². The van der Waals surface area contributed by atoms with Crippen LogP contribution in [0.5, 0.6) is 0 Å². The largest absolute Gasteiger partial charge is 0.0843 e. The summed E-state index contributed by atoms with van der Waals surface area (Å²) in [5.41, 5.74) is 3.91. The Morgan fingerprint density at radius 1 is 0.875 bits per heavy atom. The summed E-state index contributed by atoms with van der Waals surface area (Å²) < 4.78 is 0. The van der Waals surface area contributed by atoms with E-state index in [9.17, 15) is 0 Å². The maximum Gasteiger partial charge on any atom is 0.0406 e. The predicted molar refractivity (Wildman–Crippen MR) is 71.0 cm³/mol. The normalized spacial score (nSPS) is 10.8. The van der Waals surface area contributed by atoms with Crippen molar-refractivity contribution >= 4 is 11.6 Å². The first-order valence-electron chi connectivity index (χ1n) is 5.53. The summed E-state index contributed by atoms with van der Waals surface area (Å²) in [5, 5.41) is 0.783. The van der Waals surface area contributed by atoms with Gasteiger partial charge in [-0.3, -0.25) is 0 Å². The molecule has 2 aromatic carbocycles. The van der Waals surface area contributed by atoms with Crippen molar-refractivity contribution in [2.24, 2.45) is 0 Å². The summed E-state index contributed by atoms with van der Waals surface area (Å²) in [4.78, 5) is 0. The minimum absolute atomic E-state index is 0.534. The van der Waals surface area contributed by atoms with Crippen molar-refractivity contribution in [3.05, 3.63) is 59.1 Å². The SMILES string of the molecule is CC(C)c1ccccc1-c1ccc(Cl)cc1. The van der Waals surface area contributed by atoms with Gasteiger partial charge in [0.25, 0.3) is 0 Å². The molecule has 0 unspecified atom stereocenters. The van der Waals surface area contributed by atoms with Crippen LogP contribution in [0.2, 0.25) is 5.02 Å². The molecule has 1 heteroatoms. The molecule has 16 heavy (non-hydrogen) atoms. The molecule has 0 saturated heterocycles. The average molecular weight is 231 g/mol. The van der Waals surface area contributed by atoms with E-state index in [1.807, 2.05) is 12.1 Å². The number of hydrogen-bond donors (Lipinski definition) is 0. The zero-order valence-corrected chi connectivity index (χ0v) is 10.3. The highest BCUT2D eigenvalue weighted by molar-refractivity contribution is 6.30. The second-order valence-corrected chi connectivity index (χ2v) is 4.69. The molecule has 2 rings (SSSR count). The summed E-state index contributed by atoms with van der Waals surface area (Å²) in [7, 11) is 0. The van der Waals surface area contributed by atoms with Crippen molar-refractivity contribution in [1.29, 1.82) is 0 Å². The molecular weight excluding hydrogens is 216 g/mol. The van der Waals surface area contributed by atoms with Crippen LogP contribution >= 0.6 is 11.6 Å². The minimum atomic E-state index is 0.534. The van der Waals surface area contributed by atoms with Crippen LogP contribution < -0.4 is 0 Å². The molecule has 2 aromatic rings. The number of hydrogen-bond acceptors (Lipinski definition) is 0. The van der Waals surface area contributed by atoms with Gasteiger partial charge in [-0.25, -0.2) is 0 Å². The van der Waals surface area contributed by atoms with Crippen molar-refractivity contribution in [3.63, 3.8) is 0 Å². The molecule has 0 aliphatic rings. The van der Waals surface area contributed by atoms with Crippen LogP contribution in [0.3, 0.4) is 0 Å². The van der Waals surface area contributed by atoms with Crippen LogP contribution in [0.15, 0.2) is 48.5 Å². The lowest BCUT2D eigenvalue weighted by molar-refractivity contribution is 0.869. The Morgan fingerprint density at radius 3 is 2.12 bits per heavy atom. The molecule has 0 atom stereocenters. The molecule has 82 valence electrons. The molecule has 0 aliphatic carbocycles. The fraction of sp³-hybridized carbons (Fsp3) is 0.200. The van der Waals surface area contributed by atoms with Gasteiger partial charge in [0, 0.05) is 5.02 Å². The van der Waals surface area contributed by atoms with Gasteiger partial charge in [-0.2, -0.15) is 0 Å². The Labute approximate surface area is 102 Å². The second-order valence-electron chi connectivity index (χ2n) is 4.25. The zero-order valence-electron chi connectivity index (χ0n) is 9.57. The summed E-state index contributed by atoms with van der Waals surface area (Å²) >= 11 is 5.90. The Balaban J connectivity index is 2.51. The third-order valence-corrected chi connectivity index (χ3v) is 2.99. The molecule has 0 N–H and O–H groups in total. The molecule has 0 saturated carbocycles. The summed E-state index contributed by atoms with van der Waals surface area (Å²) in [6.45, 7) is 4.43. The smallest absolute Gasteiger partial charge is 0.0406 e. The Kier molecular flexibility index (Phi) is 3.31. The van der Waals surface area contributed by atoms with Crippen LogP contribution in [-0.4, -0.2) is 0 Å². The molecule has 0 amide bonds. The molecule has 0 spiro atoms. The van der Waals surface area contributed by atoms with Crippen LogP contribution in [0, 0.1) is 0 Å². The van der Waals surface area contributed by atoms with Gasteiger partial charge in [0.1, 0.15) is 0 Å². The molecule has 0 fully saturated rings. The summed E-state index contributed by atoms with van der Waals surface area (Å²) in [5.74, 6) is 0.534. The lowest BCUT2D eigenvalue weighted by atomic mass is 9.93. The van der Waals surface area contributed by atoms with Crippen molar-refractivity contribution in [1.82, 2.24) is 0 Å². The monoisotopic (exact) mass is 230 g/mol. The van der Waals surface area contributed by atoms with Crippen LogP contribution in [0.25, 0.3) is 11.1 Å². The van der Waals surface area contributed by atoms with Gasteiger partial charge >= 0.3 is 0 Å². The Bertz CT molecular complexity index is 469. The van der Waals surface area contributed by atoms with Crippen molar-refractivity contribution < 1.29 is 0 Å². The van der Waals surface area contributed by atoms with Gasteiger partial charge in [0.15, 0.2) is 0 Å². The topological polar surface area (TPSA) is 0 Å². The molecule has 0 heterocycles. The average Bonchev–Trinajstić information content (AvgIpc) is 2.30. The minimum Gasteiger partial charge on any atom is -0.0843 e. The van der Waals surface area contributed by atoms with Gasteiger partial charge in [-0.15, -0.1) is 0 Å². The first kappa shape index (κ1) is 11.2. The van der Waals surface area contributed by atoms with Gasteiger partial charge in [-0.05, 0) is 34.7 Å². The van der Waals surface area contributed by atoms with Gasteiger partial charge in [0.05, 0.1) is 0 Å². The van der Waals surface area contributed by atoms with E-state index in [4.69, 9.17) is 11.6 Å². The lowest BCUT2D eigenvalue weighted by Gasteiger charge is -2.12. The fourth-order valence-electron chi connectivity index (χ4n) is 1.89. The summed E-state index contributed by atoms with van der Waals surface area (Å²) in [6, 6.07) is 16.5. The predicted octanol–water partition coefficient (Wildman–Crippen LogP) is 5.13. The Morgan fingerprint density at radius 2 is 1.50 bits per heavy atom. The highest BCUT2D eigenvalue weighted by Crippen LogP contribution is 2.29. The maximum absolute atomic E-state index is 5.90. The van der Waals surface area contributed by atoms with Gasteiger partial charge in [-0.1, -0.05) is 61.8 Å². The van der Waals surface area contributed by atoms with E-state index in [2.05, 4.69) is 50.2 Å². The molecule has 0 aromatic heterocycles. The second kappa shape index (κ2) is 4.71. The van der Waals surface area contributed by atoms with E-state index in [1.54, 1.807) is 0 Å². The summed E-state index contributed by atoms with van der Waals surface area (Å²) in [6.07, 6.45) is 0.